The van der Waals surface area contributed by atoms with Gasteiger partial charge in [-0.15, -0.1) is 6.58 Å². The number of hydrogen-bond donors (Lipinski definition) is 0. The standard InChI is InChI=1S/C18H35N/c1-12-16(6,7)19-17(8,9)14(2,3)13-15(4,5)18(19,10)11/h12H,1,13H2,2-11H3. The van der Waals surface area contributed by atoms with E-state index in [4.69, 9.17) is 0 Å². The van der Waals surface area contributed by atoms with Crippen LogP contribution in [-0.2, 0) is 0 Å². The smallest absolute Gasteiger partial charge is 0.0343 e. The molecule has 0 aromatic rings. The van der Waals surface area contributed by atoms with Gasteiger partial charge in [-0.25, -0.2) is 0 Å². The summed E-state index contributed by atoms with van der Waals surface area (Å²) >= 11 is 0. The molecule has 0 N–H and O–H groups in total. The second-order valence-corrected chi connectivity index (χ2v) is 9.26. The van der Waals surface area contributed by atoms with E-state index in [1.165, 1.54) is 6.42 Å². The van der Waals surface area contributed by atoms with Crippen molar-refractivity contribution in [3.05, 3.63) is 12.7 Å². The minimum atomic E-state index is -0.0119. The number of likely N-dealkylation sites (tertiary alicyclic amines) is 1. The molecule has 1 heterocycles. The summed E-state index contributed by atoms with van der Waals surface area (Å²) in [6, 6.07) is 0. The number of piperidine rings is 1. The van der Waals surface area contributed by atoms with Gasteiger partial charge in [0.1, 0.15) is 0 Å². The highest BCUT2D eigenvalue weighted by Gasteiger charge is 2.61. The molecule has 0 spiro atoms. The fourth-order valence-electron chi connectivity index (χ4n) is 4.37. The Morgan fingerprint density at radius 3 is 1.42 bits per heavy atom. The van der Waals surface area contributed by atoms with Crippen LogP contribution in [0.2, 0.25) is 0 Å². The first-order chi connectivity index (χ1) is 8.13. The first-order valence-corrected chi connectivity index (χ1v) is 7.57. The van der Waals surface area contributed by atoms with Crippen molar-refractivity contribution in [3.63, 3.8) is 0 Å². The van der Waals surface area contributed by atoms with Crippen LogP contribution in [0.3, 0.4) is 0 Å². The lowest BCUT2D eigenvalue weighted by Crippen LogP contribution is -2.75. The molecule has 0 aromatic heterocycles. The highest BCUT2D eigenvalue weighted by molar-refractivity contribution is 5.18. The molecule has 1 nitrogen and oxygen atoms in total. The predicted molar refractivity (Wildman–Crippen MR) is 86.5 cm³/mol. The van der Waals surface area contributed by atoms with Crippen molar-refractivity contribution in [3.8, 4) is 0 Å². The molecule has 0 amide bonds. The molecule has 1 heteroatoms. The van der Waals surface area contributed by atoms with Gasteiger partial charge < -0.3 is 0 Å². The van der Waals surface area contributed by atoms with Crippen molar-refractivity contribution >= 4 is 0 Å². The lowest BCUT2D eigenvalue weighted by atomic mass is 9.53. The van der Waals surface area contributed by atoms with Crippen molar-refractivity contribution in [2.24, 2.45) is 10.8 Å². The van der Waals surface area contributed by atoms with Gasteiger partial charge in [0.05, 0.1) is 0 Å². The first kappa shape index (κ1) is 16.8. The van der Waals surface area contributed by atoms with Gasteiger partial charge in [0, 0.05) is 16.6 Å². The molecule has 0 aromatic carbocycles. The monoisotopic (exact) mass is 265 g/mol. The normalized spacial score (nSPS) is 28.9. The molecule has 19 heavy (non-hydrogen) atoms. The first-order valence-electron chi connectivity index (χ1n) is 7.57. The van der Waals surface area contributed by atoms with Gasteiger partial charge in [0.25, 0.3) is 0 Å². The molecule has 112 valence electrons. The van der Waals surface area contributed by atoms with Gasteiger partial charge in [-0.1, -0.05) is 33.8 Å². The average molecular weight is 265 g/mol. The third-order valence-electron chi connectivity index (χ3n) is 6.39. The van der Waals surface area contributed by atoms with Crippen molar-refractivity contribution < 1.29 is 0 Å². The van der Waals surface area contributed by atoms with Crippen LogP contribution in [0, 0.1) is 10.8 Å². The van der Waals surface area contributed by atoms with E-state index in [-0.39, 0.29) is 27.4 Å². The van der Waals surface area contributed by atoms with Crippen LogP contribution < -0.4 is 0 Å². The van der Waals surface area contributed by atoms with E-state index < -0.39 is 0 Å². The van der Waals surface area contributed by atoms with Gasteiger partial charge in [0.15, 0.2) is 0 Å². The number of nitrogens with zero attached hydrogens (tertiary/aromatic N) is 1. The fraction of sp³-hybridized carbons (Fsp3) is 0.889. The van der Waals surface area contributed by atoms with Crippen LogP contribution in [0.4, 0.5) is 0 Å². The zero-order valence-corrected chi connectivity index (χ0v) is 14.9. The summed E-state index contributed by atoms with van der Waals surface area (Å²) in [6.07, 6.45) is 3.34. The van der Waals surface area contributed by atoms with Crippen LogP contribution >= 0.6 is 0 Å². The lowest BCUT2D eigenvalue weighted by Gasteiger charge is -2.70. The Kier molecular flexibility index (Phi) is 3.61. The predicted octanol–water partition coefficient (Wildman–Crippen LogP) is 5.27. The molecule has 0 bridgehead atoms. The maximum atomic E-state index is 4.09. The fourth-order valence-corrected chi connectivity index (χ4v) is 4.37. The zero-order valence-electron chi connectivity index (χ0n) is 14.9. The molecular formula is C18H35N. The van der Waals surface area contributed by atoms with Crippen LogP contribution in [0.15, 0.2) is 12.7 Å². The molecular weight excluding hydrogens is 230 g/mol. The van der Waals surface area contributed by atoms with Crippen molar-refractivity contribution in [2.75, 3.05) is 0 Å². The van der Waals surface area contributed by atoms with E-state index in [2.05, 4.69) is 86.8 Å². The summed E-state index contributed by atoms with van der Waals surface area (Å²) in [6.45, 7) is 27.9. The quantitative estimate of drug-likeness (QED) is 0.615. The van der Waals surface area contributed by atoms with E-state index in [0.717, 1.165) is 0 Å². The molecule has 1 fully saturated rings. The number of rotatable bonds is 2. The van der Waals surface area contributed by atoms with E-state index in [1.807, 2.05) is 0 Å². The summed E-state index contributed by atoms with van der Waals surface area (Å²) < 4.78 is 0. The minimum Gasteiger partial charge on any atom is -0.283 e. The Bertz CT molecular complexity index is 343. The molecule has 0 atom stereocenters. The third kappa shape index (κ3) is 2.18. The number of hydrogen-bond acceptors (Lipinski definition) is 1. The van der Waals surface area contributed by atoms with E-state index in [0.29, 0.717) is 0 Å². The maximum absolute atomic E-state index is 4.09. The van der Waals surface area contributed by atoms with Crippen molar-refractivity contribution in [1.82, 2.24) is 4.90 Å². The van der Waals surface area contributed by atoms with E-state index in [1.54, 1.807) is 0 Å². The van der Waals surface area contributed by atoms with Crippen LogP contribution in [0.1, 0.15) is 75.7 Å². The van der Waals surface area contributed by atoms with E-state index in [9.17, 15) is 0 Å². The van der Waals surface area contributed by atoms with Crippen LogP contribution in [-0.4, -0.2) is 21.5 Å². The van der Waals surface area contributed by atoms with Gasteiger partial charge >= 0.3 is 0 Å². The van der Waals surface area contributed by atoms with Gasteiger partial charge in [-0.2, -0.15) is 0 Å². The van der Waals surface area contributed by atoms with E-state index >= 15 is 0 Å². The zero-order chi connectivity index (χ0) is 15.5. The average Bonchev–Trinajstić information content (AvgIpc) is 2.12. The topological polar surface area (TPSA) is 3.24 Å². The van der Waals surface area contributed by atoms with Crippen LogP contribution in [0.5, 0.6) is 0 Å². The second-order valence-electron chi connectivity index (χ2n) is 9.26. The molecule has 1 aliphatic rings. The van der Waals surface area contributed by atoms with Crippen molar-refractivity contribution in [1.29, 1.82) is 0 Å². The molecule has 1 rings (SSSR count). The summed E-state index contributed by atoms with van der Waals surface area (Å²) in [5.74, 6) is 0. The largest absolute Gasteiger partial charge is 0.283 e. The minimum absolute atomic E-state index is 0.0119. The Hall–Kier alpha value is -0.300. The van der Waals surface area contributed by atoms with Gasteiger partial charge in [-0.05, 0) is 58.8 Å². The SMILES string of the molecule is C=CC(C)(C)N1C(C)(C)C(C)(C)CC(C)(C)C1(C)C. The van der Waals surface area contributed by atoms with Crippen molar-refractivity contribution in [2.45, 2.75) is 92.3 Å². The second kappa shape index (κ2) is 4.10. The molecule has 0 aliphatic carbocycles. The maximum Gasteiger partial charge on any atom is 0.0343 e. The molecule has 1 saturated heterocycles. The highest BCUT2D eigenvalue weighted by atomic mass is 15.3. The Balaban J connectivity index is 3.55. The van der Waals surface area contributed by atoms with Gasteiger partial charge in [0.2, 0.25) is 0 Å². The summed E-state index contributed by atoms with van der Waals surface area (Å²) in [5, 5.41) is 0. The summed E-state index contributed by atoms with van der Waals surface area (Å²) in [4.78, 5) is 2.70. The summed E-state index contributed by atoms with van der Waals surface area (Å²) in [7, 11) is 0. The third-order valence-corrected chi connectivity index (χ3v) is 6.39. The lowest BCUT2D eigenvalue weighted by molar-refractivity contribution is -0.197. The van der Waals surface area contributed by atoms with Crippen LogP contribution in [0.25, 0.3) is 0 Å². The Morgan fingerprint density at radius 1 is 0.842 bits per heavy atom. The molecule has 0 radical (unpaired) electrons. The Morgan fingerprint density at radius 2 is 1.16 bits per heavy atom. The van der Waals surface area contributed by atoms with Gasteiger partial charge in [-0.3, -0.25) is 4.90 Å². The molecule has 1 aliphatic heterocycles. The highest BCUT2D eigenvalue weighted by Crippen LogP contribution is 2.59. The molecule has 0 unspecified atom stereocenters. The molecule has 0 saturated carbocycles. The summed E-state index contributed by atoms with van der Waals surface area (Å²) in [5.41, 5.74) is 0.786. The Labute approximate surface area is 121 Å².